The molecule has 0 amide bonds. The van der Waals surface area contributed by atoms with Crippen LogP contribution in [0.2, 0.25) is 0 Å². The molecule has 1 aliphatic carbocycles. The van der Waals surface area contributed by atoms with Gasteiger partial charge >= 0.3 is 11.9 Å². The third-order valence-corrected chi connectivity index (χ3v) is 4.79. The van der Waals surface area contributed by atoms with Crippen LogP contribution < -0.4 is 0 Å². The van der Waals surface area contributed by atoms with E-state index in [1.165, 1.54) is 0 Å². The van der Waals surface area contributed by atoms with E-state index in [1.54, 1.807) is 0 Å². The maximum absolute atomic E-state index is 12.2. The monoisotopic (exact) mass is 268 g/mol. The predicted molar refractivity (Wildman–Crippen MR) is 70.3 cm³/mol. The molecule has 0 aromatic heterocycles. The van der Waals surface area contributed by atoms with Gasteiger partial charge in [-0.25, -0.2) is 0 Å². The van der Waals surface area contributed by atoms with Crippen LogP contribution in [0.3, 0.4) is 0 Å². The summed E-state index contributed by atoms with van der Waals surface area (Å²) >= 11 is 0. The van der Waals surface area contributed by atoms with Crippen LogP contribution in [0.5, 0.6) is 0 Å². The van der Waals surface area contributed by atoms with Crippen LogP contribution in [0.25, 0.3) is 0 Å². The molecule has 4 nitrogen and oxygen atoms in total. The van der Waals surface area contributed by atoms with Gasteiger partial charge in [-0.05, 0) is 39.5 Å². The quantitative estimate of drug-likeness (QED) is 0.736. The van der Waals surface area contributed by atoms with Gasteiger partial charge in [-0.3, -0.25) is 9.59 Å². The van der Waals surface area contributed by atoms with Crippen LogP contribution >= 0.6 is 0 Å². The third-order valence-electron chi connectivity index (χ3n) is 4.79. The Labute approximate surface area is 114 Å². The van der Waals surface area contributed by atoms with Crippen LogP contribution in [0.4, 0.5) is 0 Å². The lowest BCUT2D eigenvalue weighted by Crippen LogP contribution is -2.42. The van der Waals surface area contributed by atoms with Crippen molar-refractivity contribution in [3.63, 3.8) is 0 Å². The fourth-order valence-corrected chi connectivity index (χ4v) is 2.99. The van der Waals surface area contributed by atoms with E-state index in [1.807, 2.05) is 20.8 Å². The first-order valence-corrected chi connectivity index (χ1v) is 7.32. The largest absolute Gasteiger partial charge is 0.458 e. The fourth-order valence-electron chi connectivity index (χ4n) is 2.99. The summed E-state index contributed by atoms with van der Waals surface area (Å²) in [5.74, 6) is -0.0608. The van der Waals surface area contributed by atoms with Gasteiger partial charge in [-0.2, -0.15) is 0 Å². The van der Waals surface area contributed by atoms with Gasteiger partial charge in [0.2, 0.25) is 0 Å². The number of esters is 2. The highest BCUT2D eigenvalue weighted by Gasteiger charge is 2.52. The maximum atomic E-state index is 12.2. The van der Waals surface area contributed by atoms with E-state index in [0.717, 1.165) is 25.7 Å². The van der Waals surface area contributed by atoms with Crippen LogP contribution in [-0.2, 0) is 19.1 Å². The van der Waals surface area contributed by atoms with Gasteiger partial charge in [-0.1, -0.05) is 13.8 Å². The zero-order valence-electron chi connectivity index (χ0n) is 12.3. The van der Waals surface area contributed by atoms with Crippen LogP contribution in [-0.4, -0.2) is 24.1 Å². The molecule has 4 heteroatoms. The first kappa shape index (κ1) is 14.4. The Morgan fingerprint density at radius 1 is 1.37 bits per heavy atom. The Bertz CT molecular complexity index is 374. The van der Waals surface area contributed by atoms with Crippen molar-refractivity contribution >= 4 is 11.9 Å². The number of fused-ring (bicyclic) bond motifs is 2. The van der Waals surface area contributed by atoms with Gasteiger partial charge in [0, 0.05) is 5.92 Å². The lowest BCUT2D eigenvalue weighted by molar-refractivity contribution is -0.171. The molecule has 1 aliphatic heterocycles. The molecule has 2 aliphatic rings. The summed E-state index contributed by atoms with van der Waals surface area (Å²) in [5, 5.41) is 0. The minimum atomic E-state index is -0.471. The average Bonchev–Trinajstić information content (AvgIpc) is 2.61. The highest BCUT2D eigenvalue weighted by Crippen LogP contribution is 2.43. The van der Waals surface area contributed by atoms with Crippen molar-refractivity contribution in [3.05, 3.63) is 0 Å². The van der Waals surface area contributed by atoms with Gasteiger partial charge in [0.25, 0.3) is 0 Å². The van der Waals surface area contributed by atoms with Crippen LogP contribution in [0, 0.1) is 17.3 Å². The van der Waals surface area contributed by atoms with Crippen molar-refractivity contribution in [2.45, 2.75) is 65.6 Å². The molecule has 2 rings (SSSR count). The van der Waals surface area contributed by atoms with E-state index < -0.39 is 5.41 Å². The standard InChI is InChI=1S/C15H24O4/c1-5-9-10-7-8-11(12(9)19-13(10)16)18-14(17)15(3,4)6-2/h9-12H,5-8H2,1-4H3. The predicted octanol–water partition coefficient (Wildman–Crippen LogP) is 2.70. The van der Waals surface area contributed by atoms with E-state index in [4.69, 9.17) is 9.47 Å². The summed E-state index contributed by atoms with van der Waals surface area (Å²) in [6.45, 7) is 7.81. The lowest BCUT2D eigenvalue weighted by atomic mass is 9.77. The minimum Gasteiger partial charge on any atom is -0.458 e. The Morgan fingerprint density at radius 2 is 2.05 bits per heavy atom. The molecule has 0 radical (unpaired) electrons. The highest BCUT2D eigenvalue weighted by atomic mass is 16.6. The summed E-state index contributed by atoms with van der Waals surface area (Å²) in [4.78, 5) is 23.9. The van der Waals surface area contributed by atoms with E-state index in [9.17, 15) is 9.59 Å². The first-order chi connectivity index (χ1) is 8.90. The molecule has 0 aromatic carbocycles. The normalized spacial score (nSPS) is 34.0. The Morgan fingerprint density at radius 3 is 2.63 bits per heavy atom. The molecule has 4 atom stereocenters. The molecular formula is C15H24O4. The molecule has 1 saturated heterocycles. The molecule has 19 heavy (non-hydrogen) atoms. The van der Waals surface area contributed by atoms with E-state index in [0.29, 0.717) is 0 Å². The fraction of sp³-hybridized carbons (Fsp3) is 0.867. The second kappa shape index (κ2) is 5.14. The van der Waals surface area contributed by atoms with Gasteiger partial charge in [0.05, 0.1) is 11.3 Å². The van der Waals surface area contributed by atoms with Gasteiger partial charge in [-0.15, -0.1) is 0 Å². The molecule has 2 fully saturated rings. The first-order valence-electron chi connectivity index (χ1n) is 7.32. The molecular weight excluding hydrogens is 244 g/mol. The summed E-state index contributed by atoms with van der Waals surface area (Å²) in [6, 6.07) is 0. The summed E-state index contributed by atoms with van der Waals surface area (Å²) in [5.41, 5.74) is -0.471. The molecule has 4 unspecified atom stereocenters. The van der Waals surface area contributed by atoms with Crippen LogP contribution in [0.1, 0.15) is 53.4 Å². The molecule has 0 spiro atoms. The summed E-state index contributed by atoms with van der Waals surface area (Å²) in [6.07, 6.45) is 2.66. The number of hydrogen-bond donors (Lipinski definition) is 0. The zero-order chi connectivity index (χ0) is 14.2. The molecule has 2 bridgehead atoms. The minimum absolute atomic E-state index is 0.0177. The SMILES string of the molecule is CCC1C2CCC(OC(=O)C(C)(C)CC)C1OC2=O. The zero-order valence-corrected chi connectivity index (χ0v) is 12.3. The Kier molecular flexibility index (Phi) is 3.88. The van der Waals surface area contributed by atoms with E-state index in [-0.39, 0.29) is 36.0 Å². The van der Waals surface area contributed by atoms with Crippen molar-refractivity contribution in [2.75, 3.05) is 0 Å². The van der Waals surface area contributed by atoms with Gasteiger partial charge in [0.15, 0.2) is 0 Å². The van der Waals surface area contributed by atoms with E-state index in [2.05, 4.69) is 6.92 Å². The third kappa shape index (κ3) is 2.49. The lowest BCUT2D eigenvalue weighted by Gasteiger charge is -2.33. The van der Waals surface area contributed by atoms with Crippen molar-refractivity contribution < 1.29 is 19.1 Å². The van der Waals surface area contributed by atoms with Crippen molar-refractivity contribution in [1.82, 2.24) is 0 Å². The second-order valence-corrected chi connectivity index (χ2v) is 6.34. The summed E-state index contributed by atoms with van der Waals surface area (Å²) in [7, 11) is 0. The van der Waals surface area contributed by atoms with Crippen molar-refractivity contribution in [1.29, 1.82) is 0 Å². The number of ether oxygens (including phenoxy) is 2. The Balaban J connectivity index is 2.06. The number of rotatable bonds is 4. The van der Waals surface area contributed by atoms with E-state index >= 15 is 0 Å². The number of carbonyl (C=O) groups is 2. The Hall–Kier alpha value is -1.06. The average molecular weight is 268 g/mol. The van der Waals surface area contributed by atoms with Crippen LogP contribution in [0.15, 0.2) is 0 Å². The molecule has 108 valence electrons. The highest BCUT2D eigenvalue weighted by molar-refractivity contribution is 5.77. The molecule has 0 N–H and O–H groups in total. The number of carbonyl (C=O) groups excluding carboxylic acids is 2. The van der Waals surface area contributed by atoms with Crippen molar-refractivity contribution in [3.8, 4) is 0 Å². The van der Waals surface area contributed by atoms with Crippen molar-refractivity contribution in [2.24, 2.45) is 17.3 Å². The molecule has 0 aromatic rings. The van der Waals surface area contributed by atoms with Gasteiger partial charge in [0.1, 0.15) is 12.2 Å². The maximum Gasteiger partial charge on any atom is 0.311 e. The summed E-state index contributed by atoms with van der Waals surface area (Å²) < 4.78 is 11.1. The smallest absolute Gasteiger partial charge is 0.311 e. The van der Waals surface area contributed by atoms with Gasteiger partial charge < -0.3 is 9.47 Å². The molecule has 1 saturated carbocycles. The topological polar surface area (TPSA) is 52.6 Å². The molecule has 1 heterocycles. The number of hydrogen-bond acceptors (Lipinski definition) is 4. The second-order valence-electron chi connectivity index (χ2n) is 6.34.